The van der Waals surface area contributed by atoms with Crippen LogP contribution in [0.4, 0.5) is 10.2 Å². The molecular weight excluding hydrogens is 309 g/mol. The molecule has 1 aliphatic heterocycles. The lowest BCUT2D eigenvalue weighted by atomic mass is 9.87. The highest BCUT2D eigenvalue weighted by Crippen LogP contribution is 2.61. The smallest absolute Gasteiger partial charge is 0.229 e. The van der Waals surface area contributed by atoms with Gasteiger partial charge in [-0.2, -0.15) is 5.10 Å². The predicted molar refractivity (Wildman–Crippen MR) is 87.6 cm³/mol. The summed E-state index contributed by atoms with van der Waals surface area (Å²) in [7, 11) is 0. The number of aryl methyl sites for hydroxylation is 1. The van der Waals surface area contributed by atoms with Gasteiger partial charge >= 0.3 is 0 Å². The molecule has 2 aromatic rings. The molecule has 2 N–H and O–H groups in total. The summed E-state index contributed by atoms with van der Waals surface area (Å²) in [6.45, 7) is 4.54. The number of hydrogen-bond acceptors (Lipinski definition) is 3. The molecular formula is C18H20FN3O2. The van der Waals surface area contributed by atoms with Crippen molar-refractivity contribution in [3.63, 3.8) is 0 Å². The molecule has 6 heteroatoms. The molecule has 2 aliphatic rings. The van der Waals surface area contributed by atoms with E-state index in [4.69, 9.17) is 4.74 Å². The van der Waals surface area contributed by atoms with Crippen LogP contribution in [0.3, 0.4) is 0 Å². The summed E-state index contributed by atoms with van der Waals surface area (Å²) in [5, 5.41) is 10.1. The number of fused-ring (bicyclic) bond motifs is 2. The van der Waals surface area contributed by atoms with Crippen LogP contribution in [-0.4, -0.2) is 22.7 Å². The molecule has 4 rings (SSSR count). The molecule has 0 bridgehead atoms. The third-order valence-corrected chi connectivity index (χ3v) is 5.38. The molecule has 1 saturated carbocycles. The largest absolute Gasteiger partial charge is 0.493 e. The molecule has 24 heavy (non-hydrogen) atoms. The van der Waals surface area contributed by atoms with E-state index in [0.717, 1.165) is 36.1 Å². The second-order valence-electron chi connectivity index (χ2n) is 6.67. The first-order valence-corrected chi connectivity index (χ1v) is 8.32. The normalized spacial score (nSPS) is 24.4. The van der Waals surface area contributed by atoms with E-state index in [2.05, 4.69) is 15.5 Å². The zero-order valence-electron chi connectivity index (χ0n) is 13.8. The van der Waals surface area contributed by atoms with Crippen LogP contribution < -0.4 is 10.1 Å². The standard InChI is InChI=1S/C18H20FN3O2/c1-3-14-10(2)16(22-21-14)20-17(23)13-9-18(13)6-7-24-15-5-4-11(19)8-12(15)18/h4-5,8,13H,3,6-7,9H2,1-2H3,(H2,20,21,22,23)/t13-,18-/m1/s1. The molecule has 1 spiro atoms. The summed E-state index contributed by atoms with van der Waals surface area (Å²) >= 11 is 0. The third-order valence-electron chi connectivity index (χ3n) is 5.38. The lowest BCUT2D eigenvalue weighted by Crippen LogP contribution is -2.27. The molecule has 1 amide bonds. The molecule has 0 radical (unpaired) electrons. The maximum atomic E-state index is 13.7. The number of halogens is 1. The Bertz CT molecular complexity index is 817. The van der Waals surface area contributed by atoms with Crippen molar-refractivity contribution >= 4 is 11.7 Å². The summed E-state index contributed by atoms with van der Waals surface area (Å²) < 4.78 is 19.3. The number of ether oxygens (including phenoxy) is 1. The Labute approximate surface area is 139 Å². The van der Waals surface area contributed by atoms with Crippen molar-refractivity contribution in [3.8, 4) is 5.75 Å². The number of benzene rings is 1. The molecule has 0 saturated heterocycles. The zero-order valence-corrected chi connectivity index (χ0v) is 13.8. The van der Waals surface area contributed by atoms with E-state index < -0.39 is 0 Å². The van der Waals surface area contributed by atoms with Gasteiger partial charge in [0.2, 0.25) is 5.91 Å². The number of nitrogens with zero attached hydrogens (tertiary/aromatic N) is 1. The van der Waals surface area contributed by atoms with Gasteiger partial charge in [0.15, 0.2) is 5.82 Å². The van der Waals surface area contributed by atoms with Crippen LogP contribution >= 0.6 is 0 Å². The Morgan fingerprint density at radius 1 is 1.54 bits per heavy atom. The first-order valence-electron chi connectivity index (χ1n) is 8.32. The number of carbonyl (C=O) groups excluding carboxylic acids is 1. The van der Waals surface area contributed by atoms with Crippen LogP contribution in [0, 0.1) is 18.7 Å². The number of anilines is 1. The number of H-pyrrole nitrogens is 1. The van der Waals surface area contributed by atoms with Gasteiger partial charge in [-0.1, -0.05) is 6.92 Å². The van der Waals surface area contributed by atoms with Crippen LogP contribution in [0.5, 0.6) is 5.75 Å². The highest BCUT2D eigenvalue weighted by molar-refractivity contribution is 5.96. The maximum Gasteiger partial charge on any atom is 0.229 e. The van der Waals surface area contributed by atoms with Crippen molar-refractivity contribution in [3.05, 3.63) is 40.8 Å². The number of aromatic amines is 1. The molecule has 1 aliphatic carbocycles. The molecule has 126 valence electrons. The van der Waals surface area contributed by atoms with E-state index in [-0.39, 0.29) is 23.1 Å². The summed E-state index contributed by atoms with van der Waals surface area (Å²) in [5.41, 5.74) is 2.52. The van der Waals surface area contributed by atoms with Gasteiger partial charge in [0.05, 0.1) is 6.61 Å². The number of rotatable bonds is 3. The summed E-state index contributed by atoms with van der Waals surface area (Å²) in [4.78, 5) is 12.7. The first-order chi connectivity index (χ1) is 11.5. The summed E-state index contributed by atoms with van der Waals surface area (Å²) in [5.74, 6) is 0.778. The molecule has 2 atom stereocenters. The average molecular weight is 329 g/mol. The van der Waals surface area contributed by atoms with Crippen molar-refractivity contribution < 1.29 is 13.9 Å². The average Bonchev–Trinajstić information content (AvgIpc) is 3.19. The van der Waals surface area contributed by atoms with Crippen LogP contribution in [-0.2, 0) is 16.6 Å². The maximum absolute atomic E-state index is 13.7. The van der Waals surface area contributed by atoms with E-state index in [0.29, 0.717) is 18.2 Å². The van der Waals surface area contributed by atoms with Gasteiger partial charge in [0, 0.05) is 28.2 Å². The van der Waals surface area contributed by atoms with Crippen LogP contribution in [0.2, 0.25) is 0 Å². The van der Waals surface area contributed by atoms with Crippen LogP contribution in [0.1, 0.15) is 36.6 Å². The highest BCUT2D eigenvalue weighted by atomic mass is 19.1. The summed E-state index contributed by atoms with van der Waals surface area (Å²) in [6.07, 6.45) is 2.30. The fourth-order valence-corrected chi connectivity index (χ4v) is 3.82. The number of hydrogen-bond donors (Lipinski definition) is 2. The second kappa shape index (κ2) is 5.33. The summed E-state index contributed by atoms with van der Waals surface area (Å²) in [6, 6.07) is 4.57. The molecule has 1 aromatic carbocycles. The van der Waals surface area contributed by atoms with Gasteiger partial charge in [0.25, 0.3) is 0 Å². The minimum Gasteiger partial charge on any atom is -0.493 e. The van der Waals surface area contributed by atoms with E-state index in [1.165, 1.54) is 12.1 Å². The van der Waals surface area contributed by atoms with Crippen molar-refractivity contribution in [2.75, 3.05) is 11.9 Å². The molecule has 5 nitrogen and oxygen atoms in total. The van der Waals surface area contributed by atoms with Crippen molar-refractivity contribution in [2.24, 2.45) is 5.92 Å². The molecule has 1 aromatic heterocycles. The Morgan fingerprint density at radius 2 is 2.38 bits per heavy atom. The van der Waals surface area contributed by atoms with Gasteiger partial charge in [-0.05, 0) is 44.4 Å². The van der Waals surface area contributed by atoms with Crippen molar-refractivity contribution in [2.45, 2.75) is 38.5 Å². The van der Waals surface area contributed by atoms with Gasteiger partial charge in [-0.15, -0.1) is 0 Å². The minimum absolute atomic E-state index is 0.0515. The Hall–Kier alpha value is -2.37. The SMILES string of the molecule is CCc1[nH]nc(NC(=O)[C@H]2C[C@@]23CCOc2ccc(F)cc23)c1C. The third kappa shape index (κ3) is 2.20. The van der Waals surface area contributed by atoms with Crippen LogP contribution in [0.15, 0.2) is 18.2 Å². The molecule has 2 heterocycles. The molecule has 1 fully saturated rings. The van der Waals surface area contributed by atoms with E-state index in [1.807, 2.05) is 13.8 Å². The van der Waals surface area contributed by atoms with Gasteiger partial charge < -0.3 is 10.1 Å². The van der Waals surface area contributed by atoms with Crippen LogP contribution in [0.25, 0.3) is 0 Å². The predicted octanol–water partition coefficient (Wildman–Crippen LogP) is 3.10. The zero-order chi connectivity index (χ0) is 16.9. The van der Waals surface area contributed by atoms with Crippen molar-refractivity contribution in [1.82, 2.24) is 10.2 Å². The lowest BCUT2D eigenvalue weighted by Gasteiger charge is -2.26. The fourth-order valence-electron chi connectivity index (χ4n) is 3.82. The van der Waals surface area contributed by atoms with E-state index in [1.54, 1.807) is 6.07 Å². The van der Waals surface area contributed by atoms with Gasteiger partial charge in [0.1, 0.15) is 11.6 Å². The number of nitrogens with one attached hydrogen (secondary N) is 2. The Balaban J connectivity index is 1.57. The fraction of sp³-hybridized carbons (Fsp3) is 0.444. The van der Waals surface area contributed by atoms with E-state index in [9.17, 15) is 9.18 Å². The molecule has 0 unspecified atom stereocenters. The van der Waals surface area contributed by atoms with Crippen molar-refractivity contribution in [1.29, 1.82) is 0 Å². The second-order valence-corrected chi connectivity index (χ2v) is 6.67. The Kier molecular flexibility index (Phi) is 3.37. The van der Waals surface area contributed by atoms with E-state index >= 15 is 0 Å². The number of aromatic nitrogens is 2. The number of amides is 1. The Morgan fingerprint density at radius 3 is 3.12 bits per heavy atom. The monoisotopic (exact) mass is 329 g/mol. The topological polar surface area (TPSA) is 67.0 Å². The van der Waals surface area contributed by atoms with Gasteiger partial charge in [-0.3, -0.25) is 9.89 Å². The number of carbonyl (C=O) groups is 1. The highest BCUT2D eigenvalue weighted by Gasteiger charge is 2.61. The minimum atomic E-state index is -0.294. The lowest BCUT2D eigenvalue weighted by molar-refractivity contribution is -0.117. The van der Waals surface area contributed by atoms with Gasteiger partial charge in [-0.25, -0.2) is 4.39 Å². The quantitative estimate of drug-likeness (QED) is 0.909. The first kappa shape index (κ1) is 15.2.